The van der Waals surface area contributed by atoms with Gasteiger partial charge in [-0.25, -0.2) is 9.97 Å². The van der Waals surface area contributed by atoms with Crippen LogP contribution in [0.2, 0.25) is 0 Å². The van der Waals surface area contributed by atoms with E-state index in [1.165, 1.54) is 12.8 Å². The van der Waals surface area contributed by atoms with Crippen LogP contribution in [-0.4, -0.2) is 25.7 Å². The zero-order chi connectivity index (χ0) is 12.9. The van der Waals surface area contributed by atoms with E-state index >= 15 is 0 Å². The molecule has 0 aromatic carbocycles. The van der Waals surface area contributed by atoms with Gasteiger partial charge in [0.1, 0.15) is 11.9 Å². The normalized spacial score (nSPS) is 19.7. The number of rotatable bonds is 5. The van der Waals surface area contributed by atoms with Gasteiger partial charge in [-0.3, -0.25) is 0 Å². The molecule has 3 heterocycles. The minimum atomic E-state index is 0.192. The number of imidazole rings is 2. The Morgan fingerprint density at radius 2 is 2.21 bits per heavy atom. The van der Waals surface area contributed by atoms with Crippen LogP contribution >= 0.6 is 0 Å². The van der Waals surface area contributed by atoms with E-state index < -0.39 is 0 Å². The fourth-order valence-corrected chi connectivity index (χ4v) is 2.58. The lowest BCUT2D eigenvalue weighted by molar-refractivity contribution is 0.00728. The molecule has 19 heavy (non-hydrogen) atoms. The summed E-state index contributed by atoms with van der Waals surface area (Å²) in [4.78, 5) is 8.53. The van der Waals surface area contributed by atoms with E-state index in [9.17, 15) is 0 Å². The first-order valence-corrected chi connectivity index (χ1v) is 7.02. The van der Waals surface area contributed by atoms with Crippen LogP contribution in [0, 0.1) is 0 Å². The van der Waals surface area contributed by atoms with Gasteiger partial charge in [0.2, 0.25) is 0 Å². The van der Waals surface area contributed by atoms with E-state index in [1.807, 2.05) is 24.9 Å². The lowest BCUT2D eigenvalue weighted by Crippen LogP contribution is -2.17. The molecule has 1 unspecified atom stereocenters. The number of aromatic nitrogens is 4. The molecular formula is C14H20N4O. The van der Waals surface area contributed by atoms with Crippen molar-refractivity contribution in [3.63, 3.8) is 0 Å². The summed E-state index contributed by atoms with van der Waals surface area (Å²) < 4.78 is 10.2. The first-order valence-electron chi connectivity index (χ1n) is 7.02. The standard InChI is InChI=1S/C14H20N4O/c1-2-11-19-13(4-1)14-16-6-10-18(14)8-3-7-17-9-5-15-12-17/h5-6,9-10,12-13H,1-4,7-8,11H2. The van der Waals surface area contributed by atoms with Crippen molar-refractivity contribution < 1.29 is 4.74 Å². The molecule has 2 aromatic heterocycles. The Morgan fingerprint density at radius 3 is 3.00 bits per heavy atom. The van der Waals surface area contributed by atoms with Crippen LogP contribution in [0.4, 0.5) is 0 Å². The molecule has 1 aliphatic heterocycles. The second kappa shape index (κ2) is 6.02. The highest BCUT2D eigenvalue weighted by Gasteiger charge is 2.20. The first-order chi connectivity index (χ1) is 9.43. The predicted molar refractivity (Wildman–Crippen MR) is 71.6 cm³/mol. The molecule has 1 atom stereocenters. The van der Waals surface area contributed by atoms with Gasteiger partial charge in [-0.1, -0.05) is 0 Å². The Kier molecular flexibility index (Phi) is 3.93. The lowest BCUT2D eigenvalue weighted by Gasteiger charge is -2.23. The van der Waals surface area contributed by atoms with E-state index in [1.54, 1.807) is 0 Å². The molecule has 0 spiro atoms. The molecule has 2 aromatic rings. The minimum absolute atomic E-state index is 0.192. The molecule has 1 aliphatic rings. The van der Waals surface area contributed by atoms with Crippen LogP contribution in [0.5, 0.6) is 0 Å². The van der Waals surface area contributed by atoms with Gasteiger partial charge in [-0.15, -0.1) is 0 Å². The fraction of sp³-hybridized carbons (Fsp3) is 0.571. The van der Waals surface area contributed by atoms with Crippen molar-refractivity contribution in [2.75, 3.05) is 6.61 Å². The Morgan fingerprint density at radius 1 is 1.21 bits per heavy atom. The monoisotopic (exact) mass is 260 g/mol. The van der Waals surface area contributed by atoms with E-state index in [2.05, 4.69) is 25.3 Å². The van der Waals surface area contributed by atoms with Crippen LogP contribution in [0.15, 0.2) is 31.1 Å². The van der Waals surface area contributed by atoms with Gasteiger partial charge in [0.15, 0.2) is 0 Å². The van der Waals surface area contributed by atoms with Gasteiger partial charge in [0.25, 0.3) is 0 Å². The molecule has 1 saturated heterocycles. The summed E-state index contributed by atoms with van der Waals surface area (Å²) in [5, 5.41) is 0. The van der Waals surface area contributed by atoms with Crippen molar-refractivity contribution in [2.24, 2.45) is 0 Å². The van der Waals surface area contributed by atoms with Gasteiger partial charge in [0.05, 0.1) is 6.33 Å². The third-order valence-corrected chi connectivity index (χ3v) is 3.59. The van der Waals surface area contributed by atoms with Gasteiger partial charge in [-0.2, -0.15) is 0 Å². The maximum Gasteiger partial charge on any atom is 0.137 e. The van der Waals surface area contributed by atoms with Gasteiger partial charge in [-0.05, 0) is 25.7 Å². The van der Waals surface area contributed by atoms with Crippen LogP contribution in [0.3, 0.4) is 0 Å². The molecule has 102 valence electrons. The van der Waals surface area contributed by atoms with Crippen LogP contribution < -0.4 is 0 Å². The molecule has 5 heteroatoms. The zero-order valence-corrected chi connectivity index (χ0v) is 11.1. The van der Waals surface area contributed by atoms with Crippen molar-refractivity contribution in [3.05, 3.63) is 36.9 Å². The van der Waals surface area contributed by atoms with Crippen LogP contribution in [0.25, 0.3) is 0 Å². The number of hydrogen-bond acceptors (Lipinski definition) is 3. The fourth-order valence-electron chi connectivity index (χ4n) is 2.58. The molecule has 0 amide bonds. The smallest absolute Gasteiger partial charge is 0.137 e. The number of nitrogens with zero attached hydrogens (tertiary/aromatic N) is 4. The van der Waals surface area contributed by atoms with Crippen molar-refractivity contribution >= 4 is 0 Å². The highest BCUT2D eigenvalue weighted by Crippen LogP contribution is 2.26. The summed E-state index contributed by atoms with van der Waals surface area (Å²) in [7, 11) is 0. The minimum Gasteiger partial charge on any atom is -0.370 e. The molecule has 5 nitrogen and oxygen atoms in total. The van der Waals surface area contributed by atoms with Crippen molar-refractivity contribution in [1.29, 1.82) is 0 Å². The molecule has 1 fully saturated rings. The van der Waals surface area contributed by atoms with E-state index in [4.69, 9.17) is 4.74 Å². The van der Waals surface area contributed by atoms with E-state index in [0.717, 1.165) is 38.4 Å². The predicted octanol–water partition coefficient (Wildman–Crippen LogP) is 2.41. The van der Waals surface area contributed by atoms with Crippen molar-refractivity contribution in [2.45, 2.75) is 44.9 Å². The molecule has 0 bridgehead atoms. The molecule has 0 saturated carbocycles. The summed E-state index contributed by atoms with van der Waals surface area (Å²) in [5.41, 5.74) is 0. The third-order valence-electron chi connectivity index (χ3n) is 3.59. The summed E-state index contributed by atoms with van der Waals surface area (Å²) in [6.07, 6.45) is 14.4. The molecule has 0 radical (unpaired) electrons. The molecule has 3 rings (SSSR count). The van der Waals surface area contributed by atoms with E-state index in [-0.39, 0.29) is 6.10 Å². The van der Waals surface area contributed by atoms with Crippen molar-refractivity contribution in [3.8, 4) is 0 Å². The lowest BCUT2D eigenvalue weighted by atomic mass is 10.1. The summed E-state index contributed by atoms with van der Waals surface area (Å²) >= 11 is 0. The Hall–Kier alpha value is -1.62. The average molecular weight is 260 g/mol. The van der Waals surface area contributed by atoms with Crippen molar-refractivity contribution in [1.82, 2.24) is 19.1 Å². The molecule has 0 N–H and O–H groups in total. The van der Waals surface area contributed by atoms with Crippen LogP contribution in [-0.2, 0) is 17.8 Å². The Bertz CT molecular complexity index is 485. The Labute approximate surface area is 113 Å². The van der Waals surface area contributed by atoms with Gasteiger partial charge >= 0.3 is 0 Å². The second-order valence-corrected chi connectivity index (χ2v) is 4.99. The maximum absolute atomic E-state index is 5.82. The summed E-state index contributed by atoms with van der Waals surface area (Å²) in [6.45, 7) is 2.84. The zero-order valence-electron chi connectivity index (χ0n) is 11.1. The van der Waals surface area contributed by atoms with Gasteiger partial charge < -0.3 is 13.9 Å². The molecule has 0 aliphatic carbocycles. The first kappa shape index (κ1) is 12.4. The third kappa shape index (κ3) is 3.04. The number of ether oxygens (including phenoxy) is 1. The number of aryl methyl sites for hydroxylation is 2. The summed E-state index contributed by atoms with van der Waals surface area (Å²) in [5.74, 6) is 1.09. The Balaban J connectivity index is 1.57. The number of hydrogen-bond donors (Lipinski definition) is 0. The van der Waals surface area contributed by atoms with Gasteiger partial charge in [0, 0.05) is 44.5 Å². The average Bonchev–Trinajstić information content (AvgIpc) is 3.11. The topological polar surface area (TPSA) is 44.9 Å². The summed E-state index contributed by atoms with van der Waals surface area (Å²) in [6, 6.07) is 0. The highest BCUT2D eigenvalue weighted by atomic mass is 16.5. The highest BCUT2D eigenvalue weighted by molar-refractivity contribution is 4.98. The largest absolute Gasteiger partial charge is 0.370 e. The van der Waals surface area contributed by atoms with Crippen LogP contribution in [0.1, 0.15) is 37.6 Å². The quantitative estimate of drug-likeness (QED) is 0.829. The second-order valence-electron chi connectivity index (χ2n) is 4.99. The maximum atomic E-state index is 5.82. The SMILES string of the molecule is c1cn(CCCn2ccnc2C2CCCCO2)cn1. The molecular weight excluding hydrogens is 240 g/mol. The van der Waals surface area contributed by atoms with E-state index in [0.29, 0.717) is 0 Å².